The Balaban J connectivity index is 1.46. The molecule has 5 rings (SSSR count). The van der Waals surface area contributed by atoms with E-state index >= 15 is 0 Å². The SMILES string of the molecule is CC1(C)CN(C(=O)Nc2cnc(-n3nccn3)c(Cl)c2)c2cnc3cc(Cl)nn3c21. The number of aromatic nitrogens is 7. The molecular formula is C18H15Cl2N9O. The minimum Gasteiger partial charge on any atom is -0.306 e. The van der Waals surface area contributed by atoms with Gasteiger partial charge in [0.2, 0.25) is 0 Å². The second-order valence-electron chi connectivity index (χ2n) is 7.48. The Kier molecular flexibility index (Phi) is 4.16. The standard InChI is InChI=1S/C18H15Cl2N9O/c1-18(2)9-27(12-8-21-14-6-13(20)26-28(14)15(12)18)17(30)25-10-5-11(19)16(22-7-10)29-23-3-4-24-29/h3-8H,9H2,1-2H3,(H,25,30). The lowest BCUT2D eigenvalue weighted by molar-refractivity contribution is 0.256. The minimum absolute atomic E-state index is 0.306. The number of halogens is 2. The van der Waals surface area contributed by atoms with Gasteiger partial charge in [-0.25, -0.2) is 19.3 Å². The smallest absolute Gasteiger partial charge is 0.306 e. The number of pyridine rings is 1. The van der Waals surface area contributed by atoms with Gasteiger partial charge in [-0.15, -0.1) is 4.80 Å². The average Bonchev–Trinajstić information content (AvgIpc) is 3.39. The van der Waals surface area contributed by atoms with Crippen molar-refractivity contribution in [2.75, 3.05) is 16.8 Å². The molecule has 0 aromatic carbocycles. The van der Waals surface area contributed by atoms with Crippen LogP contribution in [-0.2, 0) is 5.41 Å². The molecule has 0 spiro atoms. The van der Waals surface area contributed by atoms with Crippen molar-refractivity contribution < 1.29 is 4.79 Å². The molecule has 152 valence electrons. The van der Waals surface area contributed by atoms with E-state index in [2.05, 4.69) is 30.6 Å². The number of urea groups is 1. The van der Waals surface area contributed by atoms with Crippen molar-refractivity contribution in [2.45, 2.75) is 19.3 Å². The lowest BCUT2D eigenvalue weighted by Crippen LogP contribution is -2.37. The Hall–Kier alpha value is -3.24. The van der Waals surface area contributed by atoms with Crippen LogP contribution in [-0.4, -0.2) is 47.2 Å². The number of rotatable bonds is 2. The van der Waals surface area contributed by atoms with Crippen LogP contribution in [0, 0.1) is 0 Å². The number of hydrogen-bond donors (Lipinski definition) is 1. The maximum Gasteiger partial charge on any atom is 0.326 e. The number of nitrogens with one attached hydrogen (secondary N) is 1. The molecule has 4 aromatic heterocycles. The highest BCUT2D eigenvalue weighted by molar-refractivity contribution is 6.32. The number of carbonyl (C=O) groups is 1. The van der Waals surface area contributed by atoms with Gasteiger partial charge in [0.1, 0.15) is 0 Å². The lowest BCUT2D eigenvalue weighted by Gasteiger charge is -2.20. The van der Waals surface area contributed by atoms with Crippen LogP contribution in [0.3, 0.4) is 0 Å². The zero-order valence-electron chi connectivity index (χ0n) is 15.9. The summed E-state index contributed by atoms with van der Waals surface area (Å²) in [6, 6.07) is 2.95. The molecule has 0 saturated heterocycles. The Morgan fingerprint density at radius 3 is 2.63 bits per heavy atom. The van der Waals surface area contributed by atoms with Crippen LogP contribution in [0.1, 0.15) is 19.5 Å². The molecule has 1 aliphatic rings. The van der Waals surface area contributed by atoms with Gasteiger partial charge >= 0.3 is 6.03 Å². The van der Waals surface area contributed by atoms with Gasteiger partial charge in [-0.05, 0) is 6.07 Å². The van der Waals surface area contributed by atoms with E-state index in [9.17, 15) is 4.79 Å². The number of amides is 2. The van der Waals surface area contributed by atoms with E-state index in [-0.39, 0.29) is 11.4 Å². The van der Waals surface area contributed by atoms with Crippen LogP contribution in [0.5, 0.6) is 0 Å². The summed E-state index contributed by atoms with van der Waals surface area (Å²) < 4.78 is 1.69. The quantitative estimate of drug-likeness (QED) is 0.509. The van der Waals surface area contributed by atoms with Crippen LogP contribution in [0.25, 0.3) is 11.5 Å². The van der Waals surface area contributed by atoms with Crippen LogP contribution in [0.2, 0.25) is 10.2 Å². The highest BCUT2D eigenvalue weighted by Gasteiger charge is 2.41. The molecule has 0 atom stereocenters. The van der Waals surface area contributed by atoms with Crippen molar-refractivity contribution in [3.8, 4) is 5.82 Å². The Morgan fingerprint density at radius 1 is 1.13 bits per heavy atom. The molecule has 5 heterocycles. The largest absolute Gasteiger partial charge is 0.326 e. The van der Waals surface area contributed by atoms with Gasteiger partial charge in [0, 0.05) is 18.0 Å². The van der Waals surface area contributed by atoms with Gasteiger partial charge in [-0.1, -0.05) is 37.0 Å². The zero-order chi connectivity index (χ0) is 21.0. The maximum atomic E-state index is 13.1. The second-order valence-corrected chi connectivity index (χ2v) is 8.27. The number of nitrogens with zero attached hydrogens (tertiary/aromatic N) is 8. The molecule has 10 nitrogen and oxygen atoms in total. The molecule has 1 N–H and O–H groups in total. The number of carbonyl (C=O) groups excluding carboxylic acids is 1. The van der Waals surface area contributed by atoms with E-state index in [1.54, 1.807) is 27.7 Å². The second kappa shape index (κ2) is 6.64. The molecule has 12 heteroatoms. The van der Waals surface area contributed by atoms with Crippen LogP contribution in [0.15, 0.2) is 36.9 Å². The average molecular weight is 444 g/mol. The van der Waals surface area contributed by atoms with E-state index < -0.39 is 0 Å². The zero-order valence-corrected chi connectivity index (χ0v) is 17.4. The molecule has 4 aromatic rings. The summed E-state index contributed by atoms with van der Waals surface area (Å²) in [5.41, 5.74) is 2.26. The first-order valence-electron chi connectivity index (χ1n) is 8.99. The van der Waals surface area contributed by atoms with E-state index in [1.807, 2.05) is 13.8 Å². The van der Waals surface area contributed by atoms with E-state index in [0.29, 0.717) is 39.6 Å². The number of fused-ring (bicyclic) bond motifs is 3. The van der Waals surface area contributed by atoms with Gasteiger partial charge in [-0.2, -0.15) is 15.3 Å². The lowest BCUT2D eigenvalue weighted by atomic mass is 9.91. The van der Waals surface area contributed by atoms with Crippen LogP contribution in [0.4, 0.5) is 16.2 Å². The minimum atomic E-state index is -0.352. The third kappa shape index (κ3) is 2.96. The highest BCUT2D eigenvalue weighted by atomic mass is 35.5. The summed E-state index contributed by atoms with van der Waals surface area (Å²) in [6.45, 7) is 4.53. The van der Waals surface area contributed by atoms with E-state index in [4.69, 9.17) is 23.2 Å². The molecule has 0 unspecified atom stereocenters. The fourth-order valence-electron chi connectivity index (χ4n) is 3.63. The molecule has 30 heavy (non-hydrogen) atoms. The summed E-state index contributed by atoms with van der Waals surface area (Å²) in [5, 5.41) is 15.8. The molecule has 0 saturated carbocycles. The Labute approximate surface area is 180 Å². The van der Waals surface area contributed by atoms with Gasteiger partial charge in [0.05, 0.1) is 46.9 Å². The number of anilines is 2. The van der Waals surface area contributed by atoms with Gasteiger partial charge in [0.15, 0.2) is 16.6 Å². The topological polar surface area (TPSA) is 106 Å². The summed E-state index contributed by atoms with van der Waals surface area (Å²) in [5.74, 6) is 0.370. The van der Waals surface area contributed by atoms with Gasteiger partial charge in [-0.3, -0.25) is 4.90 Å². The van der Waals surface area contributed by atoms with E-state index in [0.717, 1.165) is 5.69 Å². The Morgan fingerprint density at radius 2 is 1.90 bits per heavy atom. The van der Waals surface area contributed by atoms with Crippen molar-refractivity contribution in [1.82, 2.24) is 34.6 Å². The first-order valence-corrected chi connectivity index (χ1v) is 9.74. The van der Waals surface area contributed by atoms with Crippen LogP contribution < -0.4 is 10.2 Å². The fraction of sp³-hybridized carbons (Fsp3) is 0.222. The molecule has 1 aliphatic heterocycles. The van der Waals surface area contributed by atoms with Crippen LogP contribution >= 0.6 is 23.2 Å². The summed E-state index contributed by atoms with van der Waals surface area (Å²) in [6.07, 6.45) is 6.21. The molecule has 0 radical (unpaired) electrons. The van der Waals surface area contributed by atoms with Crippen molar-refractivity contribution in [1.29, 1.82) is 0 Å². The summed E-state index contributed by atoms with van der Waals surface area (Å²) in [7, 11) is 0. The summed E-state index contributed by atoms with van der Waals surface area (Å²) >= 11 is 12.3. The van der Waals surface area contributed by atoms with Gasteiger partial charge in [0.25, 0.3) is 0 Å². The third-order valence-corrected chi connectivity index (χ3v) is 5.31. The molecular weight excluding hydrogens is 429 g/mol. The third-order valence-electron chi connectivity index (χ3n) is 4.85. The number of hydrogen-bond acceptors (Lipinski definition) is 6. The fourth-order valence-corrected chi connectivity index (χ4v) is 4.04. The highest BCUT2D eigenvalue weighted by Crippen LogP contribution is 2.40. The Bertz CT molecular complexity index is 1280. The molecule has 0 bridgehead atoms. The first kappa shape index (κ1) is 18.8. The van der Waals surface area contributed by atoms with Crippen molar-refractivity contribution in [2.24, 2.45) is 0 Å². The maximum absolute atomic E-state index is 13.1. The van der Waals surface area contributed by atoms with Crippen molar-refractivity contribution in [3.05, 3.63) is 52.8 Å². The van der Waals surface area contributed by atoms with E-state index in [1.165, 1.54) is 23.4 Å². The summed E-state index contributed by atoms with van der Waals surface area (Å²) in [4.78, 5) is 24.6. The molecule has 2 amide bonds. The van der Waals surface area contributed by atoms with Gasteiger partial charge < -0.3 is 5.32 Å². The predicted molar refractivity (Wildman–Crippen MR) is 112 cm³/mol. The predicted octanol–water partition coefficient (Wildman–Crippen LogP) is 3.34. The molecule has 0 fully saturated rings. The normalized spacial score (nSPS) is 14.9. The first-order chi connectivity index (χ1) is 14.3. The van der Waals surface area contributed by atoms with Crippen molar-refractivity contribution >= 4 is 46.3 Å². The van der Waals surface area contributed by atoms with Crippen molar-refractivity contribution in [3.63, 3.8) is 0 Å². The molecule has 0 aliphatic carbocycles. The monoisotopic (exact) mass is 443 g/mol.